The summed E-state index contributed by atoms with van der Waals surface area (Å²) in [5.41, 5.74) is 1.54. The van der Waals surface area contributed by atoms with E-state index in [1.165, 1.54) is 19.1 Å². The predicted octanol–water partition coefficient (Wildman–Crippen LogP) is 0.785. The molecule has 1 fully saturated rings. The van der Waals surface area contributed by atoms with Crippen LogP contribution < -0.4 is 5.32 Å². The lowest BCUT2D eigenvalue weighted by Crippen LogP contribution is -2.40. The van der Waals surface area contributed by atoms with E-state index in [4.69, 9.17) is 0 Å². The zero-order chi connectivity index (χ0) is 18.0. The summed E-state index contributed by atoms with van der Waals surface area (Å²) in [5, 5.41) is 19.0. The van der Waals surface area contributed by atoms with Crippen LogP contribution in [0, 0.1) is 11.7 Å². The highest BCUT2D eigenvalue weighted by Gasteiger charge is 2.36. The van der Waals surface area contributed by atoms with Crippen LogP contribution in [0.3, 0.4) is 0 Å². The first-order valence-corrected chi connectivity index (χ1v) is 7.96. The minimum Gasteiger partial charge on any atom is -0.396 e. The molecule has 2 amide bonds. The maximum Gasteiger partial charge on any atom is 0.271 e. The lowest BCUT2D eigenvalue weighted by molar-refractivity contribution is -0.119. The van der Waals surface area contributed by atoms with Gasteiger partial charge in [0.1, 0.15) is 11.5 Å². The van der Waals surface area contributed by atoms with Gasteiger partial charge in [-0.3, -0.25) is 14.7 Å². The number of carbonyl (C=O) groups is 2. The molecular formula is C17H19FN4O3. The Kier molecular flexibility index (Phi) is 4.80. The van der Waals surface area contributed by atoms with Gasteiger partial charge in [-0.15, -0.1) is 0 Å². The van der Waals surface area contributed by atoms with Gasteiger partial charge in [-0.25, -0.2) is 4.39 Å². The largest absolute Gasteiger partial charge is 0.396 e. The molecule has 1 aliphatic rings. The van der Waals surface area contributed by atoms with Crippen molar-refractivity contribution in [2.24, 2.45) is 5.92 Å². The van der Waals surface area contributed by atoms with Crippen LogP contribution >= 0.6 is 0 Å². The first-order chi connectivity index (χ1) is 12.0. The molecule has 7 nitrogen and oxygen atoms in total. The molecule has 0 aliphatic carbocycles. The van der Waals surface area contributed by atoms with Crippen LogP contribution in [-0.2, 0) is 4.79 Å². The van der Waals surface area contributed by atoms with Gasteiger partial charge in [-0.1, -0.05) is 0 Å². The molecule has 1 aliphatic heterocycles. The van der Waals surface area contributed by atoms with Crippen molar-refractivity contribution in [3.8, 4) is 11.3 Å². The summed E-state index contributed by atoms with van der Waals surface area (Å²) < 4.78 is 13.0. The summed E-state index contributed by atoms with van der Waals surface area (Å²) in [7, 11) is 0. The number of carbonyl (C=O) groups excluding carboxylic acids is 2. The lowest BCUT2D eigenvalue weighted by atomic mass is 10.1. The number of H-pyrrole nitrogens is 1. The molecular weight excluding hydrogens is 327 g/mol. The first-order valence-electron chi connectivity index (χ1n) is 7.96. The maximum absolute atomic E-state index is 13.0. The Morgan fingerprint density at radius 2 is 2.08 bits per heavy atom. The number of aliphatic hydroxyl groups excluding tert-OH is 1. The molecule has 1 aromatic carbocycles. The highest BCUT2D eigenvalue weighted by atomic mass is 19.1. The van der Waals surface area contributed by atoms with Crippen LogP contribution in [0.25, 0.3) is 11.3 Å². The molecule has 2 heterocycles. The SMILES string of the molecule is CC(=O)N[C@@H]1CN(C(=O)c2cc(-c3ccc(F)cc3)n[nH]2)C[C@H]1CO. The number of hydrogen-bond donors (Lipinski definition) is 3. The molecule has 2 aromatic rings. The van der Waals surface area contributed by atoms with Crippen LogP contribution in [0.5, 0.6) is 0 Å². The quantitative estimate of drug-likeness (QED) is 0.762. The van der Waals surface area contributed by atoms with E-state index in [1.54, 1.807) is 23.1 Å². The Morgan fingerprint density at radius 1 is 1.36 bits per heavy atom. The van der Waals surface area contributed by atoms with Gasteiger partial charge in [0, 0.05) is 38.1 Å². The van der Waals surface area contributed by atoms with Gasteiger partial charge in [0.05, 0.1) is 11.7 Å². The molecule has 1 saturated heterocycles. The van der Waals surface area contributed by atoms with Crippen LogP contribution in [0.15, 0.2) is 30.3 Å². The number of amides is 2. The maximum atomic E-state index is 13.0. The number of rotatable bonds is 4. The van der Waals surface area contributed by atoms with Gasteiger partial charge in [-0.2, -0.15) is 5.10 Å². The van der Waals surface area contributed by atoms with Crippen molar-refractivity contribution < 1.29 is 19.1 Å². The Labute approximate surface area is 143 Å². The number of nitrogens with one attached hydrogen (secondary N) is 2. The highest BCUT2D eigenvalue weighted by molar-refractivity contribution is 5.93. The number of hydrogen-bond acceptors (Lipinski definition) is 4. The van der Waals surface area contributed by atoms with Crippen molar-refractivity contribution in [2.45, 2.75) is 13.0 Å². The number of halogens is 1. The Balaban J connectivity index is 1.73. The fourth-order valence-corrected chi connectivity index (χ4v) is 3.02. The van der Waals surface area contributed by atoms with Gasteiger partial charge in [-0.05, 0) is 30.3 Å². The molecule has 25 heavy (non-hydrogen) atoms. The van der Waals surface area contributed by atoms with E-state index in [1.807, 2.05) is 0 Å². The Morgan fingerprint density at radius 3 is 2.72 bits per heavy atom. The number of aliphatic hydroxyl groups is 1. The molecule has 3 N–H and O–H groups in total. The standard InChI is InChI=1S/C17H19FN4O3/c1-10(24)19-16-8-22(7-12(16)9-23)17(25)15-6-14(20-21-15)11-2-4-13(18)5-3-11/h2-6,12,16,23H,7-9H2,1H3,(H,19,24)(H,20,21)/t12-,16+/m0/s1. The predicted molar refractivity (Wildman–Crippen MR) is 88.1 cm³/mol. The summed E-state index contributed by atoms with van der Waals surface area (Å²) in [6.07, 6.45) is 0. The summed E-state index contributed by atoms with van der Waals surface area (Å²) in [6, 6.07) is 7.17. The molecule has 8 heteroatoms. The molecule has 132 valence electrons. The monoisotopic (exact) mass is 346 g/mol. The second-order valence-corrected chi connectivity index (χ2v) is 6.13. The second kappa shape index (κ2) is 7.02. The second-order valence-electron chi connectivity index (χ2n) is 6.13. The van der Waals surface area contributed by atoms with Gasteiger partial charge >= 0.3 is 0 Å². The van der Waals surface area contributed by atoms with Gasteiger partial charge in [0.2, 0.25) is 5.91 Å². The van der Waals surface area contributed by atoms with Crippen LogP contribution in [0.2, 0.25) is 0 Å². The average Bonchev–Trinajstić information content (AvgIpc) is 3.21. The fourth-order valence-electron chi connectivity index (χ4n) is 3.02. The minimum absolute atomic E-state index is 0.113. The van der Waals surface area contributed by atoms with Crippen molar-refractivity contribution >= 4 is 11.8 Å². The third-order valence-electron chi connectivity index (χ3n) is 4.30. The van der Waals surface area contributed by atoms with Crippen LogP contribution in [0.1, 0.15) is 17.4 Å². The van der Waals surface area contributed by atoms with Crippen molar-refractivity contribution in [2.75, 3.05) is 19.7 Å². The topological polar surface area (TPSA) is 98.3 Å². The summed E-state index contributed by atoms with van der Waals surface area (Å²) in [6.45, 7) is 1.97. The van der Waals surface area contributed by atoms with E-state index in [-0.39, 0.29) is 36.2 Å². The van der Waals surface area contributed by atoms with E-state index >= 15 is 0 Å². The van der Waals surface area contributed by atoms with E-state index in [9.17, 15) is 19.1 Å². The van der Waals surface area contributed by atoms with Gasteiger partial charge in [0.15, 0.2) is 0 Å². The van der Waals surface area contributed by atoms with Gasteiger partial charge < -0.3 is 15.3 Å². The Hall–Kier alpha value is -2.74. The van der Waals surface area contributed by atoms with Crippen molar-refractivity contribution in [3.63, 3.8) is 0 Å². The van der Waals surface area contributed by atoms with Gasteiger partial charge in [0.25, 0.3) is 5.91 Å². The normalized spacial score (nSPS) is 19.9. The minimum atomic E-state index is -0.341. The number of benzene rings is 1. The molecule has 0 radical (unpaired) electrons. The van der Waals surface area contributed by atoms with E-state index in [0.29, 0.717) is 30.0 Å². The molecule has 3 rings (SSSR count). The average molecular weight is 346 g/mol. The smallest absolute Gasteiger partial charge is 0.271 e. The van der Waals surface area contributed by atoms with Crippen LogP contribution in [0.4, 0.5) is 4.39 Å². The van der Waals surface area contributed by atoms with Crippen molar-refractivity contribution in [1.29, 1.82) is 0 Å². The third kappa shape index (κ3) is 3.69. The summed E-state index contributed by atoms with van der Waals surface area (Å²) in [4.78, 5) is 25.5. The molecule has 0 saturated carbocycles. The van der Waals surface area contributed by atoms with E-state index < -0.39 is 0 Å². The number of aromatic nitrogens is 2. The molecule has 0 spiro atoms. The number of aromatic amines is 1. The van der Waals surface area contributed by atoms with Crippen molar-refractivity contribution in [3.05, 3.63) is 41.8 Å². The Bertz CT molecular complexity index is 774. The lowest BCUT2D eigenvalue weighted by Gasteiger charge is -2.16. The van der Waals surface area contributed by atoms with Crippen molar-refractivity contribution in [1.82, 2.24) is 20.4 Å². The van der Waals surface area contributed by atoms with E-state index in [0.717, 1.165) is 0 Å². The molecule has 1 aromatic heterocycles. The number of nitrogens with zero attached hydrogens (tertiary/aromatic N) is 2. The summed E-state index contributed by atoms with van der Waals surface area (Å²) >= 11 is 0. The third-order valence-corrected chi connectivity index (χ3v) is 4.30. The summed E-state index contributed by atoms with van der Waals surface area (Å²) in [5.74, 6) is -0.996. The first kappa shape index (κ1) is 17.1. The zero-order valence-corrected chi connectivity index (χ0v) is 13.7. The zero-order valence-electron chi connectivity index (χ0n) is 13.7. The van der Waals surface area contributed by atoms with E-state index in [2.05, 4.69) is 15.5 Å². The molecule has 2 atom stereocenters. The number of likely N-dealkylation sites (tertiary alicyclic amines) is 1. The molecule has 0 unspecified atom stereocenters. The molecule has 0 bridgehead atoms. The fraction of sp³-hybridized carbons (Fsp3) is 0.353. The van der Waals surface area contributed by atoms with Crippen LogP contribution in [-0.4, -0.2) is 57.8 Å². The highest BCUT2D eigenvalue weighted by Crippen LogP contribution is 2.22.